The minimum Gasteiger partial charge on any atom is -0.389 e. The van der Waals surface area contributed by atoms with Gasteiger partial charge in [-0.15, -0.1) is 0 Å². The highest BCUT2D eigenvalue weighted by atomic mass is 16.3. The van der Waals surface area contributed by atoms with Gasteiger partial charge in [0.15, 0.2) is 0 Å². The molecule has 4 aliphatic carbocycles. The minimum atomic E-state index is -0.172. The van der Waals surface area contributed by atoms with Crippen LogP contribution < -0.4 is 0 Å². The Hall–Kier alpha value is -0.560. The van der Waals surface area contributed by atoms with E-state index in [0.29, 0.717) is 16.7 Å². The van der Waals surface area contributed by atoms with Crippen LogP contribution in [0.15, 0.2) is 23.3 Å². The summed E-state index contributed by atoms with van der Waals surface area (Å²) >= 11 is 0. The first-order chi connectivity index (χ1) is 14.6. The molecule has 1 N–H and O–H groups in total. The maximum atomic E-state index is 10.5. The molecule has 0 bridgehead atoms. The maximum absolute atomic E-state index is 10.5. The van der Waals surface area contributed by atoms with Gasteiger partial charge in [0.1, 0.15) is 0 Å². The number of hydrogen-bond acceptors (Lipinski definition) is 1. The van der Waals surface area contributed by atoms with E-state index in [0.717, 1.165) is 41.9 Å². The second-order valence-electron chi connectivity index (χ2n) is 12.8. The molecule has 31 heavy (non-hydrogen) atoms. The average Bonchev–Trinajstić information content (AvgIpc) is 3.08. The van der Waals surface area contributed by atoms with Crippen molar-refractivity contribution in [2.75, 3.05) is 0 Å². The lowest BCUT2D eigenvalue weighted by atomic mass is 9.46. The first kappa shape index (κ1) is 23.6. The highest BCUT2D eigenvalue weighted by molar-refractivity contribution is 5.31. The van der Waals surface area contributed by atoms with Crippen LogP contribution in [0, 0.1) is 52.3 Å². The van der Waals surface area contributed by atoms with Crippen LogP contribution in [0.3, 0.4) is 0 Å². The molecule has 0 aromatic heterocycles. The van der Waals surface area contributed by atoms with Crippen LogP contribution in [0.4, 0.5) is 0 Å². The summed E-state index contributed by atoms with van der Waals surface area (Å²) in [6, 6.07) is 0. The molecule has 1 unspecified atom stereocenters. The Morgan fingerprint density at radius 2 is 1.71 bits per heavy atom. The van der Waals surface area contributed by atoms with Gasteiger partial charge < -0.3 is 5.11 Å². The van der Waals surface area contributed by atoms with Crippen LogP contribution in [-0.2, 0) is 0 Å². The predicted molar refractivity (Wildman–Crippen MR) is 133 cm³/mol. The van der Waals surface area contributed by atoms with Crippen molar-refractivity contribution in [3.8, 4) is 0 Å². The summed E-state index contributed by atoms with van der Waals surface area (Å²) < 4.78 is 0. The third-order valence-corrected chi connectivity index (χ3v) is 11.3. The Kier molecular flexibility index (Phi) is 6.59. The molecule has 0 saturated heterocycles. The number of aliphatic hydroxyl groups is 1. The monoisotopic (exact) mass is 426 g/mol. The van der Waals surface area contributed by atoms with Gasteiger partial charge in [-0.05, 0) is 123 Å². The Balaban J connectivity index is 1.54. The molecule has 1 heteroatoms. The summed E-state index contributed by atoms with van der Waals surface area (Å²) in [6.07, 6.45) is 16.8. The number of aliphatic hydroxyl groups excluding tert-OH is 1. The fourth-order valence-electron chi connectivity index (χ4n) is 9.33. The van der Waals surface area contributed by atoms with Crippen LogP contribution in [0.25, 0.3) is 0 Å². The smallest absolute Gasteiger partial charge is 0.0750 e. The van der Waals surface area contributed by atoms with E-state index in [9.17, 15) is 5.11 Å². The van der Waals surface area contributed by atoms with Gasteiger partial charge in [-0.1, -0.05) is 59.3 Å². The van der Waals surface area contributed by atoms with Gasteiger partial charge in [-0.2, -0.15) is 0 Å². The second-order valence-corrected chi connectivity index (χ2v) is 12.8. The average molecular weight is 427 g/mol. The van der Waals surface area contributed by atoms with E-state index in [-0.39, 0.29) is 6.10 Å². The number of rotatable bonds is 5. The predicted octanol–water partition coefficient (Wildman–Crippen LogP) is 8.19. The van der Waals surface area contributed by atoms with Crippen LogP contribution in [-0.4, -0.2) is 11.2 Å². The van der Waals surface area contributed by atoms with Crippen molar-refractivity contribution in [3.05, 3.63) is 23.3 Å². The van der Waals surface area contributed by atoms with Gasteiger partial charge >= 0.3 is 0 Å². The molecule has 0 amide bonds. The summed E-state index contributed by atoms with van der Waals surface area (Å²) in [5, 5.41) is 10.5. The lowest BCUT2D eigenvalue weighted by Crippen LogP contribution is -2.51. The van der Waals surface area contributed by atoms with Crippen molar-refractivity contribution in [2.24, 2.45) is 52.3 Å². The maximum Gasteiger partial charge on any atom is 0.0750 e. The first-order valence-electron chi connectivity index (χ1n) is 13.7. The molecule has 9 atom stereocenters. The van der Waals surface area contributed by atoms with E-state index >= 15 is 0 Å². The van der Waals surface area contributed by atoms with Gasteiger partial charge in [-0.3, -0.25) is 0 Å². The second kappa shape index (κ2) is 8.66. The molecule has 0 spiro atoms. The normalized spacial score (nSPS) is 44.9. The highest BCUT2D eigenvalue weighted by Gasteiger charge is 2.59. The van der Waals surface area contributed by atoms with Crippen LogP contribution in [0.5, 0.6) is 0 Å². The molecule has 0 aliphatic heterocycles. The van der Waals surface area contributed by atoms with Gasteiger partial charge in [0, 0.05) is 0 Å². The van der Waals surface area contributed by atoms with Crippen LogP contribution >= 0.6 is 0 Å². The lowest BCUT2D eigenvalue weighted by Gasteiger charge is -2.59. The van der Waals surface area contributed by atoms with E-state index in [1.54, 1.807) is 5.57 Å². The minimum absolute atomic E-state index is 0.172. The fraction of sp³-hybridized carbons (Fsp3) is 0.867. The first-order valence-corrected chi connectivity index (χ1v) is 13.7. The van der Waals surface area contributed by atoms with Crippen molar-refractivity contribution in [2.45, 2.75) is 112 Å². The number of fused-ring (bicyclic) bond motifs is 5. The van der Waals surface area contributed by atoms with Crippen molar-refractivity contribution in [3.63, 3.8) is 0 Å². The largest absolute Gasteiger partial charge is 0.389 e. The molecule has 4 rings (SSSR count). The standard InChI is InChI=1S/C30H50O/c1-8-22(19(2)3)10-9-20(4)24-13-14-26-23-11-12-25-21(5)28(31)16-18-30(25,7)27(23)15-17-29(24,26)6/h9-10,19-20,22-24,26-28,31H,8,11-18H2,1-7H3/t20-,22-,23+,24-,26+,27+,28?,29-,30+/m1/s1. The molecule has 1 nitrogen and oxygen atoms in total. The fourth-order valence-corrected chi connectivity index (χ4v) is 9.33. The van der Waals surface area contributed by atoms with Gasteiger partial charge in [0.25, 0.3) is 0 Å². The molecule has 0 aromatic rings. The summed E-state index contributed by atoms with van der Waals surface area (Å²) in [5.41, 5.74) is 3.88. The number of allylic oxidation sites excluding steroid dienone is 3. The van der Waals surface area contributed by atoms with Crippen molar-refractivity contribution >= 4 is 0 Å². The summed E-state index contributed by atoms with van der Waals surface area (Å²) in [5.74, 6) is 5.74. The molecular formula is C30H50O. The molecular weight excluding hydrogens is 376 g/mol. The van der Waals surface area contributed by atoms with Crippen molar-refractivity contribution in [1.82, 2.24) is 0 Å². The zero-order valence-corrected chi connectivity index (χ0v) is 21.6. The van der Waals surface area contributed by atoms with Crippen LogP contribution in [0.1, 0.15) is 106 Å². The van der Waals surface area contributed by atoms with E-state index in [1.807, 2.05) is 0 Å². The van der Waals surface area contributed by atoms with E-state index in [1.165, 1.54) is 56.9 Å². The Morgan fingerprint density at radius 1 is 0.968 bits per heavy atom. The van der Waals surface area contributed by atoms with Gasteiger partial charge in [-0.25, -0.2) is 0 Å². The van der Waals surface area contributed by atoms with E-state index in [4.69, 9.17) is 0 Å². The summed E-state index contributed by atoms with van der Waals surface area (Å²) in [7, 11) is 0. The molecule has 176 valence electrons. The molecule has 3 saturated carbocycles. The third kappa shape index (κ3) is 3.79. The summed E-state index contributed by atoms with van der Waals surface area (Å²) in [6.45, 7) is 17.1. The Bertz CT molecular complexity index is 716. The molecule has 3 fully saturated rings. The molecule has 4 aliphatic rings. The quantitative estimate of drug-likeness (QED) is 0.439. The number of hydrogen-bond donors (Lipinski definition) is 1. The molecule has 0 radical (unpaired) electrons. The topological polar surface area (TPSA) is 20.2 Å². The SMILES string of the molecule is CC[C@H](C=C[C@@H](C)[C@H]1CC[C@H]2[C@@H]3CCC4=C(C)C(O)CC[C@]4(C)[C@H]3CC[C@]12C)C(C)C. The molecule has 0 heterocycles. The highest BCUT2D eigenvalue weighted by Crippen LogP contribution is 2.68. The van der Waals surface area contributed by atoms with Crippen molar-refractivity contribution < 1.29 is 5.11 Å². The lowest BCUT2D eigenvalue weighted by molar-refractivity contribution is -0.0607. The van der Waals surface area contributed by atoms with Crippen molar-refractivity contribution in [1.29, 1.82) is 0 Å². The van der Waals surface area contributed by atoms with Gasteiger partial charge in [0.05, 0.1) is 6.10 Å². The zero-order chi connectivity index (χ0) is 22.6. The van der Waals surface area contributed by atoms with Gasteiger partial charge in [0.2, 0.25) is 0 Å². The zero-order valence-electron chi connectivity index (χ0n) is 21.6. The van der Waals surface area contributed by atoms with Crippen LogP contribution in [0.2, 0.25) is 0 Å². The van der Waals surface area contributed by atoms with E-state index in [2.05, 4.69) is 60.6 Å². The third-order valence-electron chi connectivity index (χ3n) is 11.3. The Labute approximate surface area is 193 Å². The summed E-state index contributed by atoms with van der Waals surface area (Å²) in [4.78, 5) is 0. The Morgan fingerprint density at radius 3 is 2.39 bits per heavy atom. The molecule has 0 aromatic carbocycles. The van der Waals surface area contributed by atoms with E-state index < -0.39 is 0 Å².